The average molecular weight is 586 g/mol. The SMILES string of the molecule is CCOC(=O)c1nn(-c2ccc(C(F)(F)F)cc2)c(=O)c2c(NC(=O)COc3ccc(Cl)cc3Cl)scc12. The van der Waals surface area contributed by atoms with Gasteiger partial charge in [0.1, 0.15) is 10.8 Å². The van der Waals surface area contributed by atoms with Crippen LogP contribution < -0.4 is 15.6 Å². The topological polar surface area (TPSA) is 99.5 Å². The quantitative estimate of drug-likeness (QED) is 0.268. The van der Waals surface area contributed by atoms with Crippen LogP contribution in [0.3, 0.4) is 0 Å². The third-order valence-electron chi connectivity index (χ3n) is 5.07. The largest absolute Gasteiger partial charge is 0.482 e. The van der Waals surface area contributed by atoms with Crippen LogP contribution in [0.1, 0.15) is 23.0 Å². The van der Waals surface area contributed by atoms with Crippen LogP contribution in [0.5, 0.6) is 5.75 Å². The number of hydrogen-bond donors (Lipinski definition) is 1. The first-order valence-corrected chi connectivity index (χ1v) is 12.4. The van der Waals surface area contributed by atoms with Gasteiger partial charge in [0.25, 0.3) is 11.5 Å². The van der Waals surface area contributed by atoms with Crippen LogP contribution in [0, 0.1) is 0 Å². The van der Waals surface area contributed by atoms with E-state index in [-0.39, 0.29) is 44.5 Å². The van der Waals surface area contributed by atoms with Crippen molar-refractivity contribution < 1.29 is 32.2 Å². The first-order chi connectivity index (χ1) is 18.0. The van der Waals surface area contributed by atoms with Crippen molar-refractivity contribution in [1.82, 2.24) is 9.78 Å². The van der Waals surface area contributed by atoms with Crippen LogP contribution in [0.4, 0.5) is 18.2 Å². The van der Waals surface area contributed by atoms with Crippen LogP contribution in [0.25, 0.3) is 16.5 Å². The van der Waals surface area contributed by atoms with Crippen molar-refractivity contribution in [2.45, 2.75) is 13.1 Å². The summed E-state index contributed by atoms with van der Waals surface area (Å²) >= 11 is 12.8. The Morgan fingerprint density at radius 1 is 1.13 bits per heavy atom. The summed E-state index contributed by atoms with van der Waals surface area (Å²) in [6, 6.07) is 8.12. The van der Waals surface area contributed by atoms with Gasteiger partial charge in [0.15, 0.2) is 12.3 Å². The average Bonchev–Trinajstić information content (AvgIpc) is 3.27. The Kier molecular flexibility index (Phi) is 7.95. The van der Waals surface area contributed by atoms with E-state index < -0.39 is 35.8 Å². The highest BCUT2D eigenvalue weighted by molar-refractivity contribution is 7.16. The molecule has 0 aliphatic carbocycles. The Balaban J connectivity index is 1.71. The first kappa shape index (κ1) is 27.4. The van der Waals surface area contributed by atoms with Crippen molar-refractivity contribution in [2.75, 3.05) is 18.5 Å². The molecule has 1 N–H and O–H groups in total. The summed E-state index contributed by atoms with van der Waals surface area (Å²) in [5.74, 6) is -1.29. The minimum Gasteiger partial charge on any atom is -0.482 e. The van der Waals surface area contributed by atoms with E-state index in [1.54, 1.807) is 6.92 Å². The third kappa shape index (κ3) is 5.77. The minimum absolute atomic E-state index is 0.0136. The number of nitrogens with one attached hydrogen (secondary N) is 1. The predicted molar refractivity (Wildman–Crippen MR) is 137 cm³/mol. The molecule has 1 amide bonds. The number of ether oxygens (including phenoxy) is 2. The van der Waals surface area contributed by atoms with Gasteiger partial charge >= 0.3 is 12.1 Å². The lowest BCUT2D eigenvalue weighted by atomic mass is 10.2. The molecule has 0 saturated carbocycles. The molecule has 4 aromatic rings. The van der Waals surface area contributed by atoms with E-state index in [1.807, 2.05) is 0 Å². The number of nitrogens with zero attached hydrogens (tertiary/aromatic N) is 2. The molecule has 198 valence electrons. The van der Waals surface area contributed by atoms with Gasteiger partial charge in [0.05, 0.1) is 28.3 Å². The summed E-state index contributed by atoms with van der Waals surface area (Å²) in [6.45, 7) is 1.12. The monoisotopic (exact) mass is 585 g/mol. The van der Waals surface area contributed by atoms with E-state index in [9.17, 15) is 27.6 Å². The molecule has 0 atom stereocenters. The summed E-state index contributed by atoms with van der Waals surface area (Å²) in [5.41, 5.74) is -1.97. The summed E-state index contributed by atoms with van der Waals surface area (Å²) in [7, 11) is 0. The Bertz CT molecular complexity index is 1590. The Hall–Kier alpha value is -3.61. The van der Waals surface area contributed by atoms with Gasteiger partial charge in [-0.25, -0.2) is 4.79 Å². The van der Waals surface area contributed by atoms with Crippen LogP contribution in [0.2, 0.25) is 10.0 Å². The highest BCUT2D eigenvalue weighted by Crippen LogP contribution is 2.32. The van der Waals surface area contributed by atoms with Crippen molar-refractivity contribution in [3.8, 4) is 11.4 Å². The molecule has 0 unspecified atom stereocenters. The highest BCUT2D eigenvalue weighted by Gasteiger charge is 2.30. The molecule has 2 aromatic heterocycles. The predicted octanol–water partition coefficient (Wildman–Crippen LogP) is 5.97. The molecule has 0 fully saturated rings. The van der Waals surface area contributed by atoms with Crippen LogP contribution >= 0.6 is 34.5 Å². The summed E-state index contributed by atoms with van der Waals surface area (Å²) < 4.78 is 50.2. The summed E-state index contributed by atoms with van der Waals surface area (Å²) in [4.78, 5) is 38.6. The van der Waals surface area contributed by atoms with Gasteiger partial charge in [0.2, 0.25) is 0 Å². The van der Waals surface area contributed by atoms with Gasteiger partial charge in [-0.05, 0) is 49.4 Å². The lowest BCUT2D eigenvalue weighted by Gasteiger charge is -2.11. The van der Waals surface area contributed by atoms with E-state index in [0.717, 1.165) is 40.3 Å². The van der Waals surface area contributed by atoms with Gasteiger partial charge in [-0.2, -0.15) is 23.0 Å². The summed E-state index contributed by atoms with van der Waals surface area (Å²) in [6.07, 6.45) is -4.58. The van der Waals surface area contributed by atoms with Gasteiger partial charge in [-0.1, -0.05) is 23.2 Å². The second-order valence-corrected chi connectivity index (χ2v) is 9.32. The maximum atomic E-state index is 13.4. The van der Waals surface area contributed by atoms with Crippen molar-refractivity contribution in [3.05, 3.63) is 79.5 Å². The van der Waals surface area contributed by atoms with E-state index in [2.05, 4.69) is 10.4 Å². The Morgan fingerprint density at radius 3 is 2.47 bits per heavy atom. The Labute approximate surface area is 226 Å². The van der Waals surface area contributed by atoms with E-state index in [1.165, 1.54) is 23.6 Å². The molecule has 0 aliphatic heterocycles. The second-order valence-electron chi connectivity index (χ2n) is 7.60. The van der Waals surface area contributed by atoms with E-state index in [0.29, 0.717) is 5.02 Å². The fourth-order valence-corrected chi connectivity index (χ4v) is 4.77. The van der Waals surface area contributed by atoms with Crippen LogP contribution in [0.15, 0.2) is 52.6 Å². The number of carbonyl (C=O) groups is 2. The number of carbonyl (C=O) groups excluding carboxylic acids is 2. The molecule has 8 nitrogen and oxygen atoms in total. The standard InChI is InChI=1S/C24H16Cl2F3N3O5S/c1-2-36-23(35)20-15-11-38-21(30-18(33)10-37-17-8-5-13(25)9-16(17)26)19(15)22(34)32(31-20)14-6-3-12(4-7-14)24(27,28)29/h3-9,11H,2,10H2,1H3,(H,30,33). The molecule has 2 heterocycles. The Morgan fingerprint density at radius 2 is 1.84 bits per heavy atom. The van der Waals surface area contributed by atoms with E-state index in [4.69, 9.17) is 32.7 Å². The number of benzene rings is 2. The fourth-order valence-electron chi connectivity index (χ4n) is 3.36. The molecule has 0 radical (unpaired) electrons. The molecule has 4 rings (SSSR count). The maximum absolute atomic E-state index is 13.4. The zero-order chi connectivity index (χ0) is 27.6. The molecular formula is C24H16Cl2F3N3O5S. The molecular weight excluding hydrogens is 570 g/mol. The van der Waals surface area contributed by atoms with E-state index >= 15 is 0 Å². The number of anilines is 1. The fraction of sp³-hybridized carbons (Fsp3) is 0.167. The normalized spacial score (nSPS) is 11.4. The van der Waals surface area contributed by atoms with Gasteiger partial charge in [0, 0.05) is 15.8 Å². The lowest BCUT2D eigenvalue weighted by Crippen LogP contribution is -2.26. The maximum Gasteiger partial charge on any atom is 0.416 e. The lowest BCUT2D eigenvalue weighted by molar-refractivity contribution is -0.137. The smallest absolute Gasteiger partial charge is 0.416 e. The van der Waals surface area contributed by atoms with Crippen LogP contribution in [-0.4, -0.2) is 34.9 Å². The van der Waals surface area contributed by atoms with Gasteiger partial charge in [-0.15, -0.1) is 11.3 Å². The molecule has 0 saturated heterocycles. The van der Waals surface area contributed by atoms with Gasteiger partial charge < -0.3 is 14.8 Å². The molecule has 38 heavy (non-hydrogen) atoms. The molecule has 0 spiro atoms. The number of halogens is 5. The zero-order valence-electron chi connectivity index (χ0n) is 19.3. The highest BCUT2D eigenvalue weighted by atomic mass is 35.5. The number of fused-ring (bicyclic) bond motifs is 1. The molecule has 2 aromatic carbocycles. The number of rotatable bonds is 7. The molecule has 0 aliphatic rings. The number of thiophene rings is 1. The first-order valence-electron chi connectivity index (χ1n) is 10.8. The van der Waals surface area contributed by atoms with Crippen molar-refractivity contribution in [2.24, 2.45) is 0 Å². The van der Waals surface area contributed by atoms with Crippen LogP contribution in [-0.2, 0) is 15.7 Å². The number of esters is 1. The zero-order valence-corrected chi connectivity index (χ0v) is 21.6. The number of aromatic nitrogens is 2. The van der Waals surface area contributed by atoms with Gasteiger partial charge in [-0.3, -0.25) is 9.59 Å². The van der Waals surface area contributed by atoms with Crippen molar-refractivity contribution in [1.29, 1.82) is 0 Å². The third-order valence-corrected chi connectivity index (χ3v) is 6.49. The van der Waals surface area contributed by atoms with Crippen molar-refractivity contribution in [3.63, 3.8) is 0 Å². The number of amides is 1. The number of alkyl halides is 3. The molecule has 0 bridgehead atoms. The minimum atomic E-state index is -4.58. The number of hydrogen-bond acceptors (Lipinski definition) is 7. The molecule has 14 heteroatoms. The summed E-state index contributed by atoms with van der Waals surface area (Å²) in [5, 5.41) is 8.74. The van der Waals surface area contributed by atoms with Crippen molar-refractivity contribution >= 4 is 62.2 Å². The second kappa shape index (κ2) is 11.0.